The number of benzene rings is 2. The molecule has 5 aromatic rings. The zero-order valence-electron chi connectivity index (χ0n) is 26.4. The number of likely N-dealkylation sites (tertiary alicyclic amines) is 1. The molecule has 14 heteroatoms. The Kier molecular flexibility index (Phi) is 9.33. The summed E-state index contributed by atoms with van der Waals surface area (Å²) < 4.78 is 7.81. The molecule has 246 valence electrons. The molecule has 14 nitrogen and oxygen atoms in total. The van der Waals surface area contributed by atoms with Crippen LogP contribution in [0.25, 0.3) is 11.2 Å². The Bertz CT molecular complexity index is 1700. The minimum atomic E-state index is -1.28. The summed E-state index contributed by atoms with van der Waals surface area (Å²) in [7, 11) is 0. The van der Waals surface area contributed by atoms with Crippen LogP contribution in [0, 0.1) is 0 Å². The number of piperidine rings is 1. The second-order valence-electron chi connectivity index (χ2n) is 12.1. The maximum absolute atomic E-state index is 11.2. The van der Waals surface area contributed by atoms with Gasteiger partial charge in [-0.1, -0.05) is 67.1 Å². The number of aliphatic hydroxyl groups is 2. The van der Waals surface area contributed by atoms with Crippen molar-refractivity contribution in [1.82, 2.24) is 44.6 Å². The van der Waals surface area contributed by atoms with Crippen molar-refractivity contribution in [3.8, 4) is 0 Å². The van der Waals surface area contributed by atoms with E-state index in [2.05, 4.69) is 60.2 Å². The van der Waals surface area contributed by atoms with Crippen LogP contribution >= 0.6 is 0 Å². The second kappa shape index (κ2) is 14.1. The van der Waals surface area contributed by atoms with Gasteiger partial charge in [-0.15, -0.1) is 10.2 Å². The first kappa shape index (κ1) is 31.1. The van der Waals surface area contributed by atoms with E-state index in [-0.39, 0.29) is 11.7 Å². The van der Waals surface area contributed by atoms with Crippen molar-refractivity contribution in [1.29, 1.82) is 0 Å². The van der Waals surface area contributed by atoms with Crippen LogP contribution in [0.15, 0.2) is 67.0 Å². The Morgan fingerprint density at radius 1 is 0.915 bits per heavy atom. The summed E-state index contributed by atoms with van der Waals surface area (Å²) in [5, 5.41) is 41.4. The first-order valence-corrected chi connectivity index (χ1v) is 16.4. The van der Waals surface area contributed by atoms with Gasteiger partial charge in [0.1, 0.15) is 12.2 Å². The van der Waals surface area contributed by atoms with Gasteiger partial charge in [0.25, 0.3) is 0 Å². The molecule has 2 fully saturated rings. The van der Waals surface area contributed by atoms with Crippen LogP contribution in [0.5, 0.6) is 0 Å². The fourth-order valence-electron chi connectivity index (χ4n) is 6.42. The smallest absolute Gasteiger partial charge is 0.226 e. The number of ether oxygens (including phenoxy) is 1. The fraction of sp³-hybridized carbons (Fsp3) is 0.455. The quantitative estimate of drug-likeness (QED) is 0.158. The molecule has 2 saturated heterocycles. The van der Waals surface area contributed by atoms with E-state index >= 15 is 0 Å². The first-order valence-electron chi connectivity index (χ1n) is 16.4. The molecule has 47 heavy (non-hydrogen) atoms. The number of nitrogens with zero attached hydrogens (tertiary/aromatic N) is 9. The molecular weight excluding hydrogens is 598 g/mol. The molecule has 0 radical (unpaired) electrons. The van der Waals surface area contributed by atoms with Crippen LogP contribution in [0.3, 0.4) is 0 Å². The van der Waals surface area contributed by atoms with Crippen LogP contribution in [0.2, 0.25) is 0 Å². The van der Waals surface area contributed by atoms with E-state index in [0.717, 1.165) is 19.6 Å². The lowest BCUT2D eigenvalue weighted by atomic mass is 9.91. The summed E-state index contributed by atoms with van der Waals surface area (Å²) in [6.07, 6.45) is 0.784. The summed E-state index contributed by atoms with van der Waals surface area (Å²) in [5.41, 5.74) is 3.34. The Morgan fingerprint density at radius 3 is 2.32 bits per heavy atom. The number of aliphatic hydroxyl groups excluding tert-OH is 2. The molecule has 4 N–H and O–H groups in total. The number of imidazole rings is 1. The largest absolute Gasteiger partial charge is 0.387 e. The molecule has 4 atom stereocenters. The number of tetrazole rings is 1. The Labute approximate surface area is 272 Å². The van der Waals surface area contributed by atoms with Gasteiger partial charge in [0.2, 0.25) is 11.8 Å². The van der Waals surface area contributed by atoms with E-state index in [4.69, 9.17) is 14.7 Å². The minimum Gasteiger partial charge on any atom is -0.387 e. The van der Waals surface area contributed by atoms with Crippen molar-refractivity contribution in [2.75, 3.05) is 43.4 Å². The Morgan fingerprint density at radius 2 is 1.64 bits per heavy atom. The van der Waals surface area contributed by atoms with Gasteiger partial charge in [0.15, 0.2) is 29.3 Å². The molecule has 7 rings (SSSR count). The SMILES string of the molecule is CCn1nnc([C@H]2O[C@@H](n3cnc4c(NCC(c5ccccc5)c5ccccc5)nc(NCCN5CCCCC5)nc43)[C@H](O)[C@@H]2O)n1. The molecule has 5 heterocycles. The number of aromatic nitrogens is 8. The lowest BCUT2D eigenvalue weighted by molar-refractivity contribution is -0.0384. The minimum absolute atomic E-state index is 0.0555. The van der Waals surface area contributed by atoms with Gasteiger partial charge < -0.3 is 30.5 Å². The van der Waals surface area contributed by atoms with Crippen molar-refractivity contribution in [2.24, 2.45) is 0 Å². The highest BCUT2D eigenvalue weighted by atomic mass is 16.6. The van der Waals surface area contributed by atoms with Crippen molar-refractivity contribution >= 4 is 22.9 Å². The molecule has 2 aromatic carbocycles. The van der Waals surface area contributed by atoms with Crippen molar-refractivity contribution in [3.63, 3.8) is 0 Å². The number of rotatable bonds is 12. The summed E-state index contributed by atoms with van der Waals surface area (Å²) >= 11 is 0. The zero-order valence-corrected chi connectivity index (χ0v) is 26.4. The zero-order chi connectivity index (χ0) is 32.2. The molecule has 0 spiro atoms. The number of fused-ring (bicyclic) bond motifs is 1. The topological polar surface area (TPSA) is 164 Å². The Hall–Kier alpha value is -4.50. The van der Waals surface area contributed by atoms with Gasteiger partial charge in [-0.05, 0) is 49.2 Å². The van der Waals surface area contributed by atoms with E-state index in [9.17, 15) is 10.2 Å². The van der Waals surface area contributed by atoms with Gasteiger partial charge in [-0.25, -0.2) is 4.98 Å². The number of hydrogen-bond donors (Lipinski definition) is 4. The predicted octanol–water partition coefficient (Wildman–Crippen LogP) is 2.97. The van der Waals surface area contributed by atoms with Crippen LogP contribution in [-0.2, 0) is 11.3 Å². The van der Waals surface area contributed by atoms with Gasteiger partial charge in [0, 0.05) is 25.6 Å². The van der Waals surface area contributed by atoms with Gasteiger partial charge >= 0.3 is 0 Å². The Balaban J connectivity index is 1.19. The monoisotopic (exact) mass is 639 g/mol. The number of anilines is 2. The van der Waals surface area contributed by atoms with E-state index in [1.54, 1.807) is 10.9 Å². The molecule has 0 unspecified atom stereocenters. The highest BCUT2D eigenvalue weighted by molar-refractivity contribution is 5.84. The lowest BCUT2D eigenvalue weighted by Gasteiger charge is -2.26. The van der Waals surface area contributed by atoms with Crippen molar-refractivity contribution < 1.29 is 14.9 Å². The maximum atomic E-state index is 11.2. The highest BCUT2D eigenvalue weighted by Gasteiger charge is 2.47. The van der Waals surface area contributed by atoms with Crippen molar-refractivity contribution in [2.45, 2.75) is 63.2 Å². The normalized spacial score (nSPS) is 21.9. The highest BCUT2D eigenvalue weighted by Crippen LogP contribution is 2.39. The lowest BCUT2D eigenvalue weighted by Crippen LogP contribution is -2.34. The molecule has 0 saturated carbocycles. The van der Waals surface area contributed by atoms with Gasteiger partial charge in [-0.3, -0.25) is 4.57 Å². The summed E-state index contributed by atoms with van der Waals surface area (Å²) in [6.45, 7) is 6.73. The molecule has 3 aromatic heterocycles. The third-order valence-corrected chi connectivity index (χ3v) is 8.98. The summed E-state index contributed by atoms with van der Waals surface area (Å²) in [6, 6.07) is 20.8. The number of aryl methyl sites for hydroxylation is 1. The van der Waals surface area contributed by atoms with Crippen LogP contribution in [-0.4, -0.2) is 99.8 Å². The number of hydrogen-bond acceptors (Lipinski definition) is 12. The molecule has 0 aliphatic carbocycles. The predicted molar refractivity (Wildman–Crippen MR) is 176 cm³/mol. The van der Waals surface area contributed by atoms with E-state index in [1.807, 2.05) is 43.3 Å². The third-order valence-electron chi connectivity index (χ3n) is 8.98. The molecule has 2 aliphatic rings. The average Bonchev–Trinajstić information content (AvgIpc) is 3.84. The third kappa shape index (κ3) is 6.67. The molecule has 0 bridgehead atoms. The second-order valence-corrected chi connectivity index (χ2v) is 12.1. The molecule has 0 amide bonds. The first-order chi connectivity index (χ1) is 23.1. The van der Waals surface area contributed by atoms with Crippen LogP contribution in [0.4, 0.5) is 11.8 Å². The molecular formula is C33H41N11O3. The fourth-order valence-corrected chi connectivity index (χ4v) is 6.42. The number of nitrogens with one attached hydrogen (secondary N) is 2. The van der Waals surface area contributed by atoms with Crippen LogP contribution < -0.4 is 10.6 Å². The van der Waals surface area contributed by atoms with E-state index in [1.165, 1.54) is 35.2 Å². The summed E-state index contributed by atoms with van der Waals surface area (Å²) in [4.78, 5) is 18.3. The maximum Gasteiger partial charge on any atom is 0.226 e. The van der Waals surface area contributed by atoms with E-state index in [0.29, 0.717) is 42.6 Å². The van der Waals surface area contributed by atoms with E-state index < -0.39 is 24.5 Å². The van der Waals surface area contributed by atoms with Crippen molar-refractivity contribution in [3.05, 3.63) is 83.9 Å². The van der Waals surface area contributed by atoms with Gasteiger partial charge in [0.05, 0.1) is 12.9 Å². The van der Waals surface area contributed by atoms with Crippen LogP contribution in [0.1, 0.15) is 61.4 Å². The van der Waals surface area contributed by atoms with Gasteiger partial charge in [-0.2, -0.15) is 14.8 Å². The standard InChI is InChI=1S/C33H41N11O3/c1-2-44-40-30(39-41-44)28-26(45)27(46)32(47-28)43-21-36-25-29(37-33(38-31(25)43)34-16-19-42-17-10-5-11-18-42)35-20-24(22-12-6-3-7-13-22)23-14-8-4-9-15-23/h3-4,6-9,12-15,21,24,26-28,32,45-46H,2,5,10-11,16-20H2,1H3,(H2,34,35,37,38)/t26-,27+,28-,32+/m0/s1. The molecule has 2 aliphatic heterocycles. The summed E-state index contributed by atoms with van der Waals surface area (Å²) in [5.74, 6) is 1.25. The average molecular weight is 640 g/mol.